The van der Waals surface area contributed by atoms with Crippen LogP contribution in [0.15, 0.2) is 0 Å². The van der Waals surface area contributed by atoms with Crippen LogP contribution in [-0.2, 0) is 47.6 Å². The lowest BCUT2D eigenvalue weighted by atomic mass is 10.0. The molecule has 0 aliphatic heterocycles. The average molecular weight is 952 g/mol. The number of nitrogens with zero attached hydrogens (tertiary/aromatic N) is 1. The summed E-state index contributed by atoms with van der Waals surface area (Å²) in [7, 11) is 0. The summed E-state index contributed by atoms with van der Waals surface area (Å²) in [5, 5.41) is 0. The van der Waals surface area contributed by atoms with Crippen LogP contribution in [0.1, 0.15) is 253 Å². The van der Waals surface area contributed by atoms with Crippen molar-refractivity contribution in [3.63, 3.8) is 0 Å². The lowest BCUT2D eigenvalue weighted by Crippen LogP contribution is -2.27. The molecular weight excluding hydrogens is 851 g/mol. The summed E-state index contributed by atoms with van der Waals surface area (Å²) in [5.74, 6) is -1.08. The Morgan fingerprint density at radius 2 is 0.836 bits per heavy atom. The molecule has 0 aromatic carbocycles. The highest BCUT2D eigenvalue weighted by molar-refractivity contribution is 5.70. The maximum Gasteiger partial charge on any atom is 0.508 e. The minimum atomic E-state index is -0.814. The molecule has 0 amide bonds. The molecule has 0 heterocycles. The van der Waals surface area contributed by atoms with Crippen LogP contribution in [0.4, 0.5) is 4.79 Å². The summed E-state index contributed by atoms with van der Waals surface area (Å²) in [4.78, 5) is 65.4. The monoisotopic (exact) mass is 952 g/mol. The molecule has 0 radical (unpaired) electrons. The first kappa shape index (κ1) is 62.1. The highest BCUT2D eigenvalue weighted by Crippen LogP contribution is 2.37. The standard InChI is InChI=1S/C55H101NO11/c1-6-11-14-17-19-21-27-35-50(48-40-41-48)67-54(60)39-31-24-30-37-52(58)64-45-47(46-65-55(61)62-43-32-42-56(9-4)10-5)44-63-51(57)36-28-22-23-29-38-53(59)66-49(33-25-16-13-8-3)34-26-20-18-15-12-7-2/h47-50H,6-46H2,1-5H3. The van der Waals surface area contributed by atoms with Crippen LogP contribution in [0.5, 0.6) is 0 Å². The van der Waals surface area contributed by atoms with Gasteiger partial charge >= 0.3 is 30.0 Å². The second kappa shape index (κ2) is 44.3. The first-order valence-corrected chi connectivity index (χ1v) is 27.9. The van der Waals surface area contributed by atoms with E-state index in [4.69, 9.17) is 28.4 Å². The molecule has 1 fully saturated rings. The predicted octanol–water partition coefficient (Wildman–Crippen LogP) is 14.0. The molecule has 1 saturated carbocycles. The van der Waals surface area contributed by atoms with Crippen molar-refractivity contribution >= 4 is 30.0 Å². The van der Waals surface area contributed by atoms with E-state index in [1.807, 2.05) is 0 Å². The van der Waals surface area contributed by atoms with Gasteiger partial charge in [0.25, 0.3) is 0 Å². The number of ether oxygens (including phenoxy) is 6. The molecule has 1 aliphatic carbocycles. The third kappa shape index (κ3) is 38.6. The molecule has 0 spiro atoms. The van der Waals surface area contributed by atoms with Crippen molar-refractivity contribution in [1.29, 1.82) is 0 Å². The molecule has 0 saturated heterocycles. The molecule has 0 bridgehead atoms. The fourth-order valence-corrected chi connectivity index (χ4v) is 8.38. The molecule has 0 aromatic rings. The second-order valence-electron chi connectivity index (χ2n) is 19.3. The molecule has 0 aromatic heterocycles. The fourth-order valence-electron chi connectivity index (χ4n) is 8.38. The van der Waals surface area contributed by atoms with Gasteiger partial charge in [-0.3, -0.25) is 19.2 Å². The zero-order valence-corrected chi connectivity index (χ0v) is 43.7. The normalized spacial score (nSPS) is 13.8. The van der Waals surface area contributed by atoms with Crippen molar-refractivity contribution in [2.75, 3.05) is 46.1 Å². The maximum atomic E-state index is 12.7. The lowest BCUT2D eigenvalue weighted by Gasteiger charge is -2.18. The highest BCUT2D eigenvalue weighted by atomic mass is 16.7. The van der Waals surface area contributed by atoms with Gasteiger partial charge in [-0.15, -0.1) is 0 Å². The number of rotatable bonds is 48. The molecule has 0 N–H and O–H groups in total. The topological polar surface area (TPSA) is 144 Å². The summed E-state index contributed by atoms with van der Waals surface area (Å²) >= 11 is 0. The van der Waals surface area contributed by atoms with E-state index in [0.717, 1.165) is 90.3 Å². The first-order valence-electron chi connectivity index (χ1n) is 27.9. The zero-order chi connectivity index (χ0) is 49.0. The Morgan fingerprint density at radius 3 is 1.33 bits per heavy atom. The highest BCUT2D eigenvalue weighted by Gasteiger charge is 2.33. The van der Waals surface area contributed by atoms with E-state index in [1.54, 1.807) is 0 Å². The number of carbonyl (C=O) groups excluding carboxylic acids is 5. The molecule has 1 rings (SSSR count). The van der Waals surface area contributed by atoms with Crippen LogP contribution in [0.3, 0.4) is 0 Å². The van der Waals surface area contributed by atoms with E-state index in [9.17, 15) is 24.0 Å². The number of hydrogen-bond acceptors (Lipinski definition) is 12. The van der Waals surface area contributed by atoms with E-state index in [-0.39, 0.29) is 69.4 Å². The molecule has 392 valence electrons. The molecule has 3 atom stereocenters. The van der Waals surface area contributed by atoms with Gasteiger partial charge in [0.15, 0.2) is 0 Å². The molecule has 12 heteroatoms. The molecule has 67 heavy (non-hydrogen) atoms. The van der Waals surface area contributed by atoms with Crippen molar-refractivity contribution < 1.29 is 52.4 Å². The smallest absolute Gasteiger partial charge is 0.465 e. The molecule has 3 unspecified atom stereocenters. The van der Waals surface area contributed by atoms with Crippen molar-refractivity contribution in [1.82, 2.24) is 4.90 Å². The van der Waals surface area contributed by atoms with E-state index >= 15 is 0 Å². The van der Waals surface area contributed by atoms with Gasteiger partial charge in [0.05, 0.1) is 12.5 Å². The predicted molar refractivity (Wildman–Crippen MR) is 268 cm³/mol. The van der Waals surface area contributed by atoms with E-state index in [0.29, 0.717) is 50.9 Å². The summed E-state index contributed by atoms with van der Waals surface area (Å²) in [6.07, 6.45) is 31.8. The Labute approximate surface area is 409 Å². The minimum absolute atomic E-state index is 0.0128. The van der Waals surface area contributed by atoms with Gasteiger partial charge in [-0.1, -0.05) is 144 Å². The summed E-state index contributed by atoms with van der Waals surface area (Å²) < 4.78 is 33.5. The molecule has 1 aliphatic rings. The summed E-state index contributed by atoms with van der Waals surface area (Å²) in [6, 6.07) is 0. The number of hydrogen-bond donors (Lipinski definition) is 0. The first-order chi connectivity index (χ1) is 32.6. The fraction of sp³-hybridized carbons (Fsp3) is 0.909. The Bertz CT molecular complexity index is 1220. The van der Waals surface area contributed by atoms with Crippen LogP contribution < -0.4 is 0 Å². The Morgan fingerprint density at radius 1 is 0.433 bits per heavy atom. The average Bonchev–Trinajstić information content (AvgIpc) is 4.17. The Kier molecular flexibility index (Phi) is 41.1. The van der Waals surface area contributed by atoms with Crippen LogP contribution >= 0.6 is 0 Å². The van der Waals surface area contributed by atoms with Gasteiger partial charge in [0, 0.05) is 32.2 Å². The largest absolute Gasteiger partial charge is 0.508 e. The van der Waals surface area contributed by atoms with Crippen molar-refractivity contribution in [2.45, 2.75) is 265 Å². The van der Waals surface area contributed by atoms with Gasteiger partial charge < -0.3 is 33.3 Å². The number of esters is 4. The molecule has 12 nitrogen and oxygen atoms in total. The maximum absolute atomic E-state index is 12.7. The van der Waals surface area contributed by atoms with Crippen LogP contribution in [0.25, 0.3) is 0 Å². The van der Waals surface area contributed by atoms with Crippen molar-refractivity contribution in [2.24, 2.45) is 11.8 Å². The second-order valence-corrected chi connectivity index (χ2v) is 19.3. The van der Waals surface area contributed by atoms with Gasteiger partial charge in [0.2, 0.25) is 0 Å². The van der Waals surface area contributed by atoms with E-state index in [1.165, 1.54) is 89.9 Å². The van der Waals surface area contributed by atoms with E-state index in [2.05, 4.69) is 39.5 Å². The summed E-state index contributed by atoms with van der Waals surface area (Å²) in [5.41, 5.74) is 0. The van der Waals surface area contributed by atoms with Crippen LogP contribution in [0, 0.1) is 11.8 Å². The summed E-state index contributed by atoms with van der Waals surface area (Å²) in [6.45, 7) is 13.4. The SMILES string of the molecule is CCCCCCCCCC(OC(=O)CCCCCC(=O)OCC(COC(=O)CCCCCCC(=O)OC(CCCCCC)CCCCCCCC)COC(=O)OCCCN(CC)CC)C1CC1. The number of carbonyl (C=O) groups is 5. The minimum Gasteiger partial charge on any atom is -0.465 e. The van der Waals surface area contributed by atoms with Crippen LogP contribution in [-0.4, -0.2) is 93.2 Å². The quantitative estimate of drug-likeness (QED) is 0.0325. The Balaban J connectivity index is 2.45. The van der Waals surface area contributed by atoms with Crippen LogP contribution in [0.2, 0.25) is 0 Å². The van der Waals surface area contributed by atoms with Gasteiger partial charge in [-0.2, -0.15) is 0 Å². The van der Waals surface area contributed by atoms with Gasteiger partial charge in [-0.25, -0.2) is 4.79 Å². The van der Waals surface area contributed by atoms with Crippen molar-refractivity contribution in [3.05, 3.63) is 0 Å². The van der Waals surface area contributed by atoms with E-state index < -0.39 is 18.0 Å². The van der Waals surface area contributed by atoms with Crippen molar-refractivity contribution in [3.8, 4) is 0 Å². The third-order valence-electron chi connectivity index (χ3n) is 13.0. The lowest BCUT2D eigenvalue weighted by molar-refractivity contribution is -0.151. The Hall–Kier alpha value is -2.89. The third-order valence-corrected chi connectivity index (χ3v) is 13.0. The molecular formula is C55H101NO11. The zero-order valence-electron chi connectivity index (χ0n) is 43.7. The van der Waals surface area contributed by atoms with Gasteiger partial charge in [0.1, 0.15) is 32.0 Å². The van der Waals surface area contributed by atoms with Gasteiger partial charge in [-0.05, 0) is 102 Å². The number of unbranched alkanes of at least 4 members (excludes halogenated alkanes) is 19.